The monoisotopic (exact) mass is 429 g/mol. The van der Waals surface area contributed by atoms with E-state index in [1.165, 1.54) is 7.11 Å². The fourth-order valence-electron chi connectivity index (χ4n) is 3.70. The van der Waals surface area contributed by atoms with Gasteiger partial charge in [0.25, 0.3) is 0 Å². The molecule has 1 N–H and O–H groups in total. The second-order valence-electron chi connectivity index (χ2n) is 8.39. The van der Waals surface area contributed by atoms with E-state index in [0.29, 0.717) is 36.0 Å². The van der Waals surface area contributed by atoms with Gasteiger partial charge in [0.15, 0.2) is 17.3 Å². The molecule has 0 spiro atoms. The maximum Gasteiger partial charge on any atom is 0.229 e. The van der Waals surface area contributed by atoms with Crippen LogP contribution in [0.2, 0.25) is 0 Å². The van der Waals surface area contributed by atoms with Crippen LogP contribution in [-0.4, -0.2) is 45.7 Å². The number of rotatable bonds is 9. The van der Waals surface area contributed by atoms with Gasteiger partial charge < -0.3 is 24.3 Å². The van der Waals surface area contributed by atoms with E-state index in [9.17, 15) is 9.59 Å². The number of hydrogen-bond donors (Lipinski definition) is 1. The number of amides is 1. The van der Waals surface area contributed by atoms with Crippen LogP contribution in [-0.2, 0) is 14.3 Å². The van der Waals surface area contributed by atoms with E-state index in [0.717, 1.165) is 12.0 Å². The molecule has 2 unspecified atom stereocenters. The minimum atomic E-state index is -0.776. The molecule has 1 aliphatic heterocycles. The van der Waals surface area contributed by atoms with Crippen molar-refractivity contribution in [3.05, 3.63) is 41.7 Å². The number of nitrogens with one attached hydrogen (secondary N) is 1. The SMILES string of the molecule is CCCNC(=O)C(C)(C)COc1c(C2C=CC3=COCC3C2=O)ccc(OC)c1OC. The number of allylic oxidation sites excluding steroid dienone is 2. The Bertz CT molecular complexity index is 902. The number of fused-ring (bicyclic) bond motifs is 1. The smallest absolute Gasteiger partial charge is 0.229 e. The molecule has 0 fully saturated rings. The molecule has 31 heavy (non-hydrogen) atoms. The lowest BCUT2D eigenvalue weighted by atomic mass is 9.79. The first-order valence-electron chi connectivity index (χ1n) is 10.5. The molecule has 0 saturated carbocycles. The molecule has 0 bridgehead atoms. The molecule has 168 valence electrons. The van der Waals surface area contributed by atoms with Crippen LogP contribution in [0.5, 0.6) is 17.2 Å². The van der Waals surface area contributed by atoms with Crippen LogP contribution in [0.3, 0.4) is 0 Å². The summed E-state index contributed by atoms with van der Waals surface area (Å²) in [6, 6.07) is 3.58. The van der Waals surface area contributed by atoms with Crippen LogP contribution in [0, 0.1) is 11.3 Å². The predicted octanol–water partition coefficient (Wildman–Crippen LogP) is 3.39. The molecule has 7 nitrogen and oxygen atoms in total. The van der Waals surface area contributed by atoms with Gasteiger partial charge in [0.1, 0.15) is 13.2 Å². The summed E-state index contributed by atoms with van der Waals surface area (Å²) in [5.41, 5.74) is 0.787. The molecule has 2 aliphatic rings. The molecular formula is C24H31NO6. The quantitative estimate of drug-likeness (QED) is 0.648. The van der Waals surface area contributed by atoms with E-state index in [1.807, 2.05) is 39.0 Å². The lowest BCUT2D eigenvalue weighted by Gasteiger charge is -2.28. The van der Waals surface area contributed by atoms with Gasteiger partial charge in [-0.3, -0.25) is 9.59 Å². The zero-order valence-corrected chi connectivity index (χ0v) is 18.8. The van der Waals surface area contributed by atoms with Crippen molar-refractivity contribution in [2.45, 2.75) is 33.1 Å². The van der Waals surface area contributed by atoms with E-state index in [-0.39, 0.29) is 24.2 Å². The maximum absolute atomic E-state index is 13.2. The molecule has 1 amide bonds. The lowest BCUT2D eigenvalue weighted by Crippen LogP contribution is -2.41. The largest absolute Gasteiger partial charge is 0.500 e. The first-order chi connectivity index (χ1) is 14.8. The van der Waals surface area contributed by atoms with Crippen LogP contribution < -0.4 is 19.5 Å². The van der Waals surface area contributed by atoms with Crippen molar-refractivity contribution in [1.82, 2.24) is 5.32 Å². The Labute approximate surface area is 183 Å². The molecule has 1 aromatic rings. The van der Waals surface area contributed by atoms with Gasteiger partial charge in [0, 0.05) is 17.7 Å². The molecule has 1 aliphatic carbocycles. The Balaban J connectivity index is 1.94. The number of hydrogen-bond acceptors (Lipinski definition) is 6. The van der Waals surface area contributed by atoms with Crippen molar-refractivity contribution in [2.24, 2.45) is 11.3 Å². The third kappa shape index (κ3) is 4.55. The average molecular weight is 430 g/mol. The van der Waals surface area contributed by atoms with Crippen molar-refractivity contribution in [3.63, 3.8) is 0 Å². The number of Topliss-reactive ketones (excluding diaryl/α,β-unsaturated/α-hetero) is 1. The Morgan fingerprint density at radius 3 is 2.68 bits per heavy atom. The van der Waals surface area contributed by atoms with Crippen molar-refractivity contribution >= 4 is 11.7 Å². The van der Waals surface area contributed by atoms with E-state index in [4.69, 9.17) is 18.9 Å². The molecule has 1 aromatic carbocycles. The van der Waals surface area contributed by atoms with Gasteiger partial charge in [-0.15, -0.1) is 0 Å². The molecule has 0 aromatic heterocycles. The van der Waals surface area contributed by atoms with Gasteiger partial charge in [-0.25, -0.2) is 0 Å². The second kappa shape index (κ2) is 9.45. The number of ketones is 1. The molecule has 2 atom stereocenters. The van der Waals surface area contributed by atoms with Gasteiger partial charge in [-0.05, 0) is 26.3 Å². The molecule has 0 saturated heterocycles. The Kier molecular flexibility index (Phi) is 6.93. The highest BCUT2D eigenvalue weighted by Crippen LogP contribution is 2.46. The molecule has 0 radical (unpaired) electrons. The molecular weight excluding hydrogens is 398 g/mol. The normalized spacial score (nSPS) is 19.9. The summed E-state index contributed by atoms with van der Waals surface area (Å²) in [6.45, 7) is 6.72. The fraction of sp³-hybridized carbons (Fsp3) is 0.500. The molecule has 1 heterocycles. The van der Waals surface area contributed by atoms with E-state index in [1.54, 1.807) is 19.4 Å². The van der Waals surface area contributed by atoms with Gasteiger partial charge in [-0.2, -0.15) is 0 Å². The highest BCUT2D eigenvalue weighted by atomic mass is 16.5. The third-order valence-corrected chi connectivity index (χ3v) is 5.61. The summed E-state index contributed by atoms with van der Waals surface area (Å²) >= 11 is 0. The number of methoxy groups -OCH3 is 2. The van der Waals surface area contributed by atoms with Crippen LogP contribution in [0.15, 0.2) is 36.1 Å². The van der Waals surface area contributed by atoms with Crippen LogP contribution in [0.25, 0.3) is 0 Å². The van der Waals surface area contributed by atoms with E-state index >= 15 is 0 Å². The molecule has 3 rings (SSSR count). The van der Waals surface area contributed by atoms with Gasteiger partial charge in [0.2, 0.25) is 11.7 Å². The standard InChI is InChI=1S/C24H31NO6/c1-6-11-25-23(27)24(2,3)14-31-21-17(9-10-19(28-4)22(21)29-5)16-8-7-15-12-30-13-18(15)20(16)26/h7-10,12,16,18H,6,11,13-14H2,1-5H3,(H,25,27). The van der Waals surface area contributed by atoms with Crippen molar-refractivity contribution in [3.8, 4) is 17.2 Å². The summed E-state index contributed by atoms with van der Waals surface area (Å²) < 4.78 is 22.6. The summed E-state index contributed by atoms with van der Waals surface area (Å²) in [4.78, 5) is 25.7. The number of ether oxygens (including phenoxy) is 4. The minimum Gasteiger partial charge on any atom is -0.500 e. The first kappa shape index (κ1) is 22.7. The maximum atomic E-state index is 13.2. The summed E-state index contributed by atoms with van der Waals surface area (Å²) in [5.74, 6) is 0.463. The topological polar surface area (TPSA) is 83.1 Å². The molecule has 7 heteroatoms. The van der Waals surface area contributed by atoms with Gasteiger partial charge in [0.05, 0.1) is 37.7 Å². The zero-order valence-electron chi connectivity index (χ0n) is 18.8. The number of benzene rings is 1. The highest BCUT2D eigenvalue weighted by molar-refractivity contribution is 5.95. The van der Waals surface area contributed by atoms with Crippen molar-refractivity contribution in [1.29, 1.82) is 0 Å². The van der Waals surface area contributed by atoms with Crippen molar-refractivity contribution in [2.75, 3.05) is 34.0 Å². The van der Waals surface area contributed by atoms with Crippen LogP contribution >= 0.6 is 0 Å². The summed E-state index contributed by atoms with van der Waals surface area (Å²) in [6.07, 6.45) is 6.27. The van der Waals surface area contributed by atoms with Gasteiger partial charge in [-0.1, -0.05) is 25.1 Å². The van der Waals surface area contributed by atoms with Gasteiger partial charge >= 0.3 is 0 Å². The Morgan fingerprint density at radius 2 is 2.00 bits per heavy atom. The Hall–Kier alpha value is -2.96. The number of carbonyl (C=O) groups excluding carboxylic acids is 2. The van der Waals surface area contributed by atoms with E-state index in [2.05, 4.69) is 5.32 Å². The third-order valence-electron chi connectivity index (χ3n) is 5.61. The predicted molar refractivity (Wildman–Crippen MR) is 117 cm³/mol. The summed E-state index contributed by atoms with van der Waals surface area (Å²) in [5, 5.41) is 2.91. The Morgan fingerprint density at radius 1 is 1.23 bits per heavy atom. The fourth-order valence-corrected chi connectivity index (χ4v) is 3.70. The highest BCUT2D eigenvalue weighted by Gasteiger charge is 2.38. The van der Waals surface area contributed by atoms with Crippen LogP contribution in [0.4, 0.5) is 0 Å². The van der Waals surface area contributed by atoms with E-state index < -0.39 is 11.3 Å². The lowest BCUT2D eigenvalue weighted by molar-refractivity contribution is -0.131. The minimum absolute atomic E-state index is 0.0447. The first-order valence-corrected chi connectivity index (χ1v) is 10.5. The zero-order chi connectivity index (χ0) is 22.6. The number of carbonyl (C=O) groups is 2. The van der Waals surface area contributed by atoms with Crippen LogP contribution in [0.1, 0.15) is 38.7 Å². The summed E-state index contributed by atoms with van der Waals surface area (Å²) in [7, 11) is 3.07. The second-order valence-corrected chi connectivity index (χ2v) is 8.39. The van der Waals surface area contributed by atoms with Crippen molar-refractivity contribution < 1.29 is 28.5 Å². The average Bonchev–Trinajstić information content (AvgIpc) is 3.25.